The summed E-state index contributed by atoms with van der Waals surface area (Å²) >= 11 is 0. The van der Waals surface area contributed by atoms with Crippen molar-refractivity contribution in [3.63, 3.8) is 0 Å². The Morgan fingerprint density at radius 3 is 1.80 bits per heavy atom. The summed E-state index contributed by atoms with van der Waals surface area (Å²) in [5, 5.41) is 0.267. The summed E-state index contributed by atoms with van der Waals surface area (Å²) in [7, 11) is -2.57. The summed E-state index contributed by atoms with van der Waals surface area (Å²) in [5.41, 5.74) is 1.02. The summed E-state index contributed by atoms with van der Waals surface area (Å²) in [4.78, 5) is 24.5. The van der Waals surface area contributed by atoms with Crippen LogP contribution in [0.15, 0.2) is 53.4 Å². The number of imide groups is 1. The Labute approximate surface area is 175 Å². The molecule has 2 aromatic carbocycles. The van der Waals surface area contributed by atoms with Gasteiger partial charge in [0, 0.05) is 27.4 Å². The van der Waals surface area contributed by atoms with Crippen LogP contribution < -0.4 is 0 Å². The van der Waals surface area contributed by atoms with E-state index in [0.29, 0.717) is 12.5 Å². The zero-order valence-corrected chi connectivity index (χ0v) is 18.5. The molecule has 1 heterocycles. The highest BCUT2D eigenvalue weighted by atomic mass is 32.2. The average Bonchev–Trinajstić information content (AvgIpc) is 3.00. The Bertz CT molecular complexity index is 1010. The fraction of sp³-hybridized carbons (Fsp3) is 0.263. The van der Waals surface area contributed by atoms with Gasteiger partial charge in [-0.2, -0.15) is 8.42 Å². The van der Waals surface area contributed by atoms with Gasteiger partial charge in [-0.05, 0) is 36.2 Å². The third-order valence-corrected chi connectivity index (χ3v) is 8.72. The maximum Gasteiger partial charge on any atom is 0.500 e. The van der Waals surface area contributed by atoms with E-state index in [0.717, 1.165) is 5.56 Å². The predicted molar refractivity (Wildman–Crippen MR) is 107 cm³/mol. The molecule has 0 saturated carbocycles. The van der Waals surface area contributed by atoms with Crippen LogP contribution in [0.2, 0.25) is 6.04 Å². The highest BCUT2D eigenvalue weighted by Crippen LogP contribution is 2.26. The molecule has 11 heteroatoms. The SMILES string of the molecule is CO[Si](CCc1ccc(S(=O)(=O)ON2C(=O)c3ccccc3C2=O)cc1)(OC)OC. The number of benzene rings is 2. The van der Waals surface area contributed by atoms with E-state index in [-0.39, 0.29) is 21.1 Å². The Hall–Kier alpha value is -2.41. The molecule has 30 heavy (non-hydrogen) atoms. The van der Waals surface area contributed by atoms with Crippen LogP contribution in [0.3, 0.4) is 0 Å². The van der Waals surface area contributed by atoms with Gasteiger partial charge >= 0.3 is 18.9 Å². The van der Waals surface area contributed by atoms with Crippen molar-refractivity contribution in [3.05, 3.63) is 65.2 Å². The summed E-state index contributed by atoms with van der Waals surface area (Å²) < 4.78 is 46.1. The molecule has 0 spiro atoms. The van der Waals surface area contributed by atoms with E-state index in [1.165, 1.54) is 45.6 Å². The highest BCUT2D eigenvalue weighted by Gasteiger charge is 2.40. The smallest absolute Gasteiger partial charge is 0.377 e. The number of fused-ring (bicyclic) bond motifs is 1. The van der Waals surface area contributed by atoms with Crippen molar-refractivity contribution in [1.82, 2.24) is 5.06 Å². The van der Waals surface area contributed by atoms with Crippen LogP contribution in [-0.4, -0.2) is 55.4 Å². The van der Waals surface area contributed by atoms with Crippen LogP contribution in [-0.2, 0) is 34.1 Å². The average molecular weight is 452 g/mol. The van der Waals surface area contributed by atoms with Crippen LogP contribution in [0.25, 0.3) is 0 Å². The molecule has 0 N–H and O–H groups in total. The Balaban J connectivity index is 1.72. The zero-order chi connectivity index (χ0) is 21.9. The van der Waals surface area contributed by atoms with Gasteiger partial charge in [-0.25, -0.2) is 0 Å². The minimum absolute atomic E-state index is 0.0927. The molecule has 2 amide bonds. The van der Waals surface area contributed by atoms with E-state index in [4.69, 9.17) is 17.6 Å². The lowest BCUT2D eigenvalue weighted by Gasteiger charge is -2.24. The summed E-state index contributed by atoms with van der Waals surface area (Å²) in [6.45, 7) is 0. The molecule has 0 bridgehead atoms. The maximum absolute atomic E-state index is 12.6. The first-order chi connectivity index (χ1) is 14.3. The number of carbonyl (C=O) groups excluding carboxylic acids is 2. The lowest BCUT2D eigenvalue weighted by Crippen LogP contribution is -2.43. The minimum Gasteiger partial charge on any atom is -0.377 e. The van der Waals surface area contributed by atoms with E-state index < -0.39 is 30.7 Å². The summed E-state index contributed by atoms with van der Waals surface area (Å²) in [6, 6.07) is 12.4. The molecular formula is C19H21NO8SSi. The van der Waals surface area contributed by atoms with E-state index in [2.05, 4.69) is 0 Å². The van der Waals surface area contributed by atoms with Crippen molar-refractivity contribution in [3.8, 4) is 0 Å². The van der Waals surface area contributed by atoms with Crippen LogP contribution >= 0.6 is 0 Å². The fourth-order valence-electron chi connectivity index (χ4n) is 3.05. The molecular weight excluding hydrogens is 430 g/mol. The standard InChI is InChI=1S/C19H21NO8SSi/c1-25-30(26-2,27-3)13-12-14-8-10-15(11-9-14)29(23,24)28-20-18(21)16-6-4-5-7-17(16)19(20)22/h4-11H,12-13H2,1-3H3. The highest BCUT2D eigenvalue weighted by molar-refractivity contribution is 7.86. The van der Waals surface area contributed by atoms with Crippen molar-refractivity contribution < 1.29 is 35.6 Å². The number of aryl methyl sites for hydroxylation is 1. The monoisotopic (exact) mass is 451 g/mol. The number of carbonyl (C=O) groups is 2. The van der Waals surface area contributed by atoms with Crippen molar-refractivity contribution in [2.75, 3.05) is 21.3 Å². The molecule has 160 valence electrons. The molecule has 2 aromatic rings. The van der Waals surface area contributed by atoms with Crippen LogP contribution in [0.4, 0.5) is 0 Å². The van der Waals surface area contributed by atoms with Crippen molar-refractivity contribution in [1.29, 1.82) is 0 Å². The quantitative estimate of drug-likeness (QED) is 0.421. The lowest BCUT2D eigenvalue weighted by atomic mass is 10.1. The van der Waals surface area contributed by atoms with Gasteiger partial charge in [0.25, 0.3) is 11.8 Å². The van der Waals surface area contributed by atoms with Crippen LogP contribution in [0.1, 0.15) is 26.3 Å². The molecule has 0 radical (unpaired) electrons. The molecule has 0 unspecified atom stereocenters. The maximum atomic E-state index is 12.6. The van der Waals surface area contributed by atoms with Crippen molar-refractivity contribution in [2.24, 2.45) is 0 Å². The van der Waals surface area contributed by atoms with Gasteiger partial charge in [0.2, 0.25) is 0 Å². The number of hydrogen-bond donors (Lipinski definition) is 0. The topological polar surface area (TPSA) is 108 Å². The third kappa shape index (κ3) is 4.21. The second kappa shape index (κ2) is 8.76. The first kappa shape index (κ1) is 22.3. The molecule has 0 aliphatic carbocycles. The number of amides is 2. The first-order valence-corrected chi connectivity index (χ1v) is 12.3. The Morgan fingerprint density at radius 2 is 1.33 bits per heavy atom. The van der Waals surface area contributed by atoms with Crippen LogP contribution in [0.5, 0.6) is 0 Å². The van der Waals surface area contributed by atoms with Gasteiger partial charge < -0.3 is 13.3 Å². The molecule has 1 aliphatic heterocycles. The molecule has 0 atom stereocenters. The van der Waals surface area contributed by atoms with Gasteiger partial charge in [-0.15, -0.1) is 9.35 Å². The van der Waals surface area contributed by atoms with Gasteiger partial charge in [0.05, 0.1) is 16.0 Å². The predicted octanol–water partition coefficient (Wildman–Crippen LogP) is 2.02. The largest absolute Gasteiger partial charge is 0.500 e. The Morgan fingerprint density at radius 1 is 0.833 bits per heavy atom. The van der Waals surface area contributed by atoms with Gasteiger partial charge in [0.1, 0.15) is 0 Å². The molecule has 0 aromatic heterocycles. The van der Waals surface area contributed by atoms with Crippen LogP contribution in [0, 0.1) is 0 Å². The summed E-state index contributed by atoms with van der Waals surface area (Å²) in [5.74, 6) is -1.65. The Kier molecular flexibility index (Phi) is 6.50. The number of rotatable bonds is 9. The third-order valence-electron chi connectivity index (χ3n) is 4.79. The van der Waals surface area contributed by atoms with Gasteiger partial charge in [0.15, 0.2) is 0 Å². The minimum atomic E-state index is -4.38. The number of hydroxylamine groups is 2. The normalized spacial score (nSPS) is 14.3. The van der Waals surface area contributed by atoms with E-state index >= 15 is 0 Å². The van der Waals surface area contributed by atoms with Gasteiger partial charge in [-0.3, -0.25) is 9.59 Å². The van der Waals surface area contributed by atoms with Gasteiger partial charge in [-0.1, -0.05) is 24.3 Å². The van der Waals surface area contributed by atoms with Crippen molar-refractivity contribution in [2.45, 2.75) is 17.4 Å². The second-order valence-corrected chi connectivity index (χ2v) is 11.0. The molecule has 0 fully saturated rings. The molecule has 9 nitrogen and oxygen atoms in total. The number of nitrogens with zero attached hydrogens (tertiary/aromatic N) is 1. The van der Waals surface area contributed by atoms with E-state index in [1.54, 1.807) is 24.3 Å². The zero-order valence-electron chi connectivity index (χ0n) is 16.7. The number of hydrogen-bond acceptors (Lipinski definition) is 8. The van der Waals surface area contributed by atoms with Crippen molar-refractivity contribution >= 4 is 30.7 Å². The fourth-order valence-corrected chi connectivity index (χ4v) is 5.65. The first-order valence-electron chi connectivity index (χ1n) is 8.94. The van der Waals surface area contributed by atoms with E-state index in [1.807, 2.05) is 0 Å². The molecule has 3 rings (SSSR count). The molecule has 1 aliphatic rings. The lowest BCUT2D eigenvalue weighted by molar-refractivity contribution is -0.0103. The van der Waals surface area contributed by atoms with E-state index in [9.17, 15) is 18.0 Å². The molecule has 0 saturated heterocycles. The second-order valence-electron chi connectivity index (χ2n) is 6.42. The summed E-state index contributed by atoms with van der Waals surface area (Å²) in [6.07, 6.45) is 0.543.